The number of hydrogen-bond acceptors (Lipinski definition) is 4. The van der Waals surface area contributed by atoms with E-state index in [1.165, 1.54) is 0 Å². The summed E-state index contributed by atoms with van der Waals surface area (Å²) < 4.78 is 10.5. The molecule has 1 aliphatic rings. The molecule has 0 aromatic rings. The summed E-state index contributed by atoms with van der Waals surface area (Å²) in [5.41, 5.74) is 0. The quantitative estimate of drug-likeness (QED) is 0.610. The molecule has 0 aromatic heterocycles. The van der Waals surface area contributed by atoms with Crippen molar-refractivity contribution in [3.8, 4) is 0 Å². The second kappa shape index (κ2) is 9.73. The SMILES string of the molecule is CCCC1C(=O)NC(CC)C(=O)N1CCOCCCOC. The lowest BCUT2D eigenvalue weighted by Crippen LogP contribution is -2.63. The third-order valence-corrected chi connectivity index (χ3v) is 3.66. The van der Waals surface area contributed by atoms with Crippen LogP contribution >= 0.6 is 0 Å². The number of piperazine rings is 1. The van der Waals surface area contributed by atoms with Crippen molar-refractivity contribution in [2.24, 2.45) is 0 Å². The Morgan fingerprint density at radius 1 is 1.19 bits per heavy atom. The Hall–Kier alpha value is -1.14. The highest BCUT2D eigenvalue weighted by atomic mass is 16.5. The van der Waals surface area contributed by atoms with E-state index < -0.39 is 0 Å². The van der Waals surface area contributed by atoms with E-state index in [0.717, 1.165) is 12.8 Å². The fourth-order valence-electron chi connectivity index (χ4n) is 2.50. The van der Waals surface area contributed by atoms with E-state index in [9.17, 15) is 9.59 Å². The Morgan fingerprint density at radius 3 is 2.57 bits per heavy atom. The Morgan fingerprint density at radius 2 is 1.95 bits per heavy atom. The monoisotopic (exact) mass is 300 g/mol. The molecule has 1 fully saturated rings. The second-order valence-electron chi connectivity index (χ2n) is 5.26. The van der Waals surface area contributed by atoms with Crippen molar-refractivity contribution in [3.63, 3.8) is 0 Å². The van der Waals surface area contributed by atoms with Crippen LogP contribution in [0, 0.1) is 0 Å². The zero-order chi connectivity index (χ0) is 15.7. The zero-order valence-corrected chi connectivity index (χ0v) is 13.4. The lowest BCUT2D eigenvalue weighted by molar-refractivity contribution is -0.150. The van der Waals surface area contributed by atoms with Crippen LogP contribution in [0.5, 0.6) is 0 Å². The standard InChI is InChI=1S/C15H28N2O4/c1-4-7-13-14(18)16-12(5-2)15(19)17(13)8-11-21-10-6-9-20-3/h12-13H,4-11H2,1-3H3,(H,16,18). The van der Waals surface area contributed by atoms with Gasteiger partial charge in [0.25, 0.3) is 0 Å². The van der Waals surface area contributed by atoms with E-state index in [0.29, 0.717) is 39.2 Å². The first-order valence-corrected chi connectivity index (χ1v) is 7.83. The van der Waals surface area contributed by atoms with E-state index >= 15 is 0 Å². The van der Waals surface area contributed by atoms with E-state index in [1.807, 2.05) is 13.8 Å². The first-order chi connectivity index (χ1) is 10.2. The smallest absolute Gasteiger partial charge is 0.245 e. The summed E-state index contributed by atoms with van der Waals surface area (Å²) in [5.74, 6) is -0.0290. The molecule has 1 heterocycles. The molecule has 1 saturated heterocycles. The van der Waals surface area contributed by atoms with Crippen LogP contribution in [0.25, 0.3) is 0 Å². The second-order valence-corrected chi connectivity index (χ2v) is 5.26. The number of methoxy groups -OCH3 is 1. The Kier molecular flexibility index (Phi) is 8.30. The zero-order valence-electron chi connectivity index (χ0n) is 13.4. The fourth-order valence-corrected chi connectivity index (χ4v) is 2.50. The largest absolute Gasteiger partial charge is 0.385 e. The van der Waals surface area contributed by atoms with Gasteiger partial charge in [-0.2, -0.15) is 0 Å². The molecule has 0 spiro atoms. The summed E-state index contributed by atoms with van der Waals surface area (Å²) in [4.78, 5) is 26.2. The van der Waals surface area contributed by atoms with Gasteiger partial charge in [0, 0.05) is 26.9 Å². The average Bonchev–Trinajstić information content (AvgIpc) is 2.48. The van der Waals surface area contributed by atoms with Crippen molar-refractivity contribution >= 4 is 11.8 Å². The number of carbonyl (C=O) groups is 2. The molecule has 2 unspecified atom stereocenters. The van der Waals surface area contributed by atoms with Gasteiger partial charge in [-0.05, 0) is 19.3 Å². The van der Waals surface area contributed by atoms with E-state index in [2.05, 4.69) is 5.32 Å². The van der Waals surface area contributed by atoms with Gasteiger partial charge in [0.05, 0.1) is 6.61 Å². The van der Waals surface area contributed by atoms with E-state index in [1.54, 1.807) is 12.0 Å². The van der Waals surface area contributed by atoms with Gasteiger partial charge in [0.15, 0.2) is 0 Å². The highest BCUT2D eigenvalue weighted by Gasteiger charge is 2.38. The maximum Gasteiger partial charge on any atom is 0.245 e. The van der Waals surface area contributed by atoms with Crippen LogP contribution < -0.4 is 5.32 Å². The molecule has 6 heteroatoms. The van der Waals surface area contributed by atoms with Gasteiger partial charge in [-0.15, -0.1) is 0 Å². The topological polar surface area (TPSA) is 67.9 Å². The van der Waals surface area contributed by atoms with Gasteiger partial charge in [-0.3, -0.25) is 9.59 Å². The molecule has 0 aliphatic carbocycles. The fraction of sp³-hybridized carbons (Fsp3) is 0.867. The summed E-state index contributed by atoms with van der Waals surface area (Å²) in [5, 5.41) is 2.81. The van der Waals surface area contributed by atoms with E-state index in [-0.39, 0.29) is 23.9 Å². The molecule has 0 aromatic carbocycles. The Labute approximate surface area is 127 Å². The maximum atomic E-state index is 12.4. The predicted molar refractivity (Wildman–Crippen MR) is 79.9 cm³/mol. The Bertz CT molecular complexity index is 336. The molecular formula is C15H28N2O4. The minimum absolute atomic E-state index is 0.0102. The van der Waals surface area contributed by atoms with Crippen LogP contribution in [-0.4, -0.2) is 62.3 Å². The Balaban J connectivity index is 2.51. The van der Waals surface area contributed by atoms with Gasteiger partial charge >= 0.3 is 0 Å². The average molecular weight is 300 g/mol. The summed E-state index contributed by atoms with van der Waals surface area (Å²) >= 11 is 0. The maximum absolute atomic E-state index is 12.4. The molecule has 21 heavy (non-hydrogen) atoms. The number of carbonyl (C=O) groups excluding carboxylic acids is 2. The molecule has 1 N–H and O–H groups in total. The molecule has 0 bridgehead atoms. The molecule has 122 valence electrons. The molecule has 2 amide bonds. The normalized spacial score (nSPS) is 22.5. The molecular weight excluding hydrogens is 272 g/mol. The van der Waals surface area contributed by atoms with Crippen molar-refractivity contribution in [1.82, 2.24) is 10.2 Å². The van der Waals surface area contributed by atoms with Gasteiger partial charge in [-0.25, -0.2) is 0 Å². The van der Waals surface area contributed by atoms with Gasteiger partial charge in [0.2, 0.25) is 11.8 Å². The van der Waals surface area contributed by atoms with Crippen molar-refractivity contribution in [2.45, 2.75) is 51.6 Å². The molecule has 1 rings (SSSR count). The number of hydrogen-bond donors (Lipinski definition) is 1. The van der Waals surface area contributed by atoms with Crippen molar-refractivity contribution in [2.75, 3.05) is 33.5 Å². The van der Waals surface area contributed by atoms with Crippen molar-refractivity contribution in [3.05, 3.63) is 0 Å². The lowest BCUT2D eigenvalue weighted by atomic mass is 10.0. The van der Waals surface area contributed by atoms with Crippen molar-refractivity contribution < 1.29 is 19.1 Å². The number of nitrogens with zero attached hydrogens (tertiary/aromatic N) is 1. The first kappa shape index (κ1) is 17.9. The number of ether oxygens (including phenoxy) is 2. The molecule has 1 aliphatic heterocycles. The minimum Gasteiger partial charge on any atom is -0.385 e. The van der Waals surface area contributed by atoms with Crippen molar-refractivity contribution in [1.29, 1.82) is 0 Å². The van der Waals surface area contributed by atoms with Gasteiger partial charge < -0.3 is 19.7 Å². The lowest BCUT2D eigenvalue weighted by Gasteiger charge is -2.38. The summed E-state index contributed by atoms with van der Waals surface area (Å²) in [6, 6.07) is -0.744. The molecule has 0 radical (unpaired) electrons. The van der Waals surface area contributed by atoms with E-state index in [4.69, 9.17) is 9.47 Å². The summed E-state index contributed by atoms with van der Waals surface area (Å²) in [7, 11) is 1.66. The van der Waals surface area contributed by atoms with Gasteiger partial charge in [-0.1, -0.05) is 20.3 Å². The van der Waals surface area contributed by atoms with Crippen LogP contribution in [0.2, 0.25) is 0 Å². The minimum atomic E-state index is -0.390. The number of nitrogens with one attached hydrogen (secondary N) is 1. The summed E-state index contributed by atoms with van der Waals surface area (Å²) in [6.45, 7) is 6.13. The summed E-state index contributed by atoms with van der Waals surface area (Å²) in [6.07, 6.45) is 3.01. The van der Waals surface area contributed by atoms with Gasteiger partial charge in [0.1, 0.15) is 12.1 Å². The van der Waals surface area contributed by atoms with Crippen LogP contribution in [0.4, 0.5) is 0 Å². The number of rotatable bonds is 10. The molecule has 2 atom stereocenters. The molecule has 6 nitrogen and oxygen atoms in total. The highest BCUT2D eigenvalue weighted by Crippen LogP contribution is 2.16. The predicted octanol–water partition coefficient (Wildman–Crippen LogP) is 0.945. The van der Waals surface area contributed by atoms with Crippen LogP contribution in [0.1, 0.15) is 39.5 Å². The number of amides is 2. The highest BCUT2D eigenvalue weighted by molar-refractivity contribution is 5.96. The van der Waals surface area contributed by atoms with Crippen LogP contribution in [0.15, 0.2) is 0 Å². The third-order valence-electron chi connectivity index (χ3n) is 3.66. The molecule has 0 saturated carbocycles. The van der Waals surface area contributed by atoms with Crippen LogP contribution in [0.3, 0.4) is 0 Å². The third kappa shape index (κ3) is 5.28. The first-order valence-electron chi connectivity index (χ1n) is 7.83. The van der Waals surface area contributed by atoms with Crippen LogP contribution in [-0.2, 0) is 19.1 Å².